The normalized spacial score (nSPS) is 15.4. The molecule has 0 saturated carbocycles. The fraction of sp³-hybridized carbons (Fsp3) is 0.565. The van der Waals surface area contributed by atoms with Crippen molar-refractivity contribution in [3.63, 3.8) is 0 Å². The second-order valence-electron chi connectivity index (χ2n) is 9.28. The van der Waals surface area contributed by atoms with Gasteiger partial charge in [-0.3, -0.25) is 0 Å². The number of benzene rings is 1. The Kier molecular flexibility index (Phi) is 7.85. The molecular weight excluding hydrogens is 394 g/mol. The predicted molar refractivity (Wildman–Crippen MR) is 126 cm³/mol. The minimum Gasteiger partial charge on any atom is -0.497 e. The molecule has 1 aliphatic heterocycles. The second kappa shape index (κ2) is 10.4. The van der Waals surface area contributed by atoms with E-state index in [1.54, 1.807) is 7.11 Å². The zero-order valence-corrected chi connectivity index (χ0v) is 20.2. The molecular formula is C23H37N3O3Si. The van der Waals surface area contributed by atoms with Gasteiger partial charge in [0.2, 0.25) is 0 Å². The highest BCUT2D eigenvalue weighted by Crippen LogP contribution is 2.27. The van der Waals surface area contributed by atoms with E-state index in [1.807, 2.05) is 24.3 Å². The Morgan fingerprint density at radius 2 is 1.67 bits per heavy atom. The topological polar surface area (TPSA) is 39.1 Å². The molecule has 2 aromatic rings. The Balaban J connectivity index is 1.65. The summed E-state index contributed by atoms with van der Waals surface area (Å²) in [4.78, 5) is 4.80. The summed E-state index contributed by atoms with van der Waals surface area (Å²) in [5.74, 6) is 2.92. The van der Waals surface area contributed by atoms with Crippen molar-refractivity contribution < 1.29 is 14.2 Å². The van der Waals surface area contributed by atoms with Gasteiger partial charge in [-0.15, -0.1) is 0 Å². The molecule has 1 aromatic carbocycles. The molecule has 1 saturated heterocycles. The van der Waals surface area contributed by atoms with Crippen LogP contribution in [0.4, 0.5) is 5.82 Å². The van der Waals surface area contributed by atoms with Crippen LogP contribution in [0.15, 0.2) is 36.5 Å². The van der Waals surface area contributed by atoms with Crippen LogP contribution in [0.1, 0.15) is 5.56 Å². The van der Waals surface area contributed by atoms with Gasteiger partial charge in [-0.2, -0.15) is 0 Å². The fourth-order valence-electron chi connectivity index (χ4n) is 3.39. The molecule has 1 fully saturated rings. The molecule has 1 aromatic heterocycles. The van der Waals surface area contributed by atoms with Gasteiger partial charge in [0.05, 0.1) is 13.3 Å². The average molecular weight is 432 g/mol. The van der Waals surface area contributed by atoms with E-state index < -0.39 is 8.07 Å². The average Bonchev–Trinajstić information content (AvgIpc) is 3.13. The molecule has 7 heteroatoms. The van der Waals surface area contributed by atoms with Crippen molar-refractivity contribution in [2.24, 2.45) is 0 Å². The molecule has 6 nitrogen and oxygen atoms in total. The van der Waals surface area contributed by atoms with Crippen molar-refractivity contribution in [1.29, 1.82) is 0 Å². The van der Waals surface area contributed by atoms with E-state index in [0.717, 1.165) is 49.8 Å². The molecule has 0 bridgehead atoms. The molecule has 0 N–H and O–H groups in total. The summed E-state index contributed by atoms with van der Waals surface area (Å²) in [5, 5.41) is 0. The number of methoxy groups -OCH3 is 1. The van der Waals surface area contributed by atoms with E-state index in [4.69, 9.17) is 14.2 Å². The lowest BCUT2D eigenvalue weighted by atomic mass is 10.2. The monoisotopic (exact) mass is 431 g/mol. The van der Waals surface area contributed by atoms with Crippen molar-refractivity contribution in [1.82, 2.24) is 9.47 Å². The van der Waals surface area contributed by atoms with E-state index in [1.165, 1.54) is 11.9 Å². The Morgan fingerprint density at radius 1 is 0.967 bits per heavy atom. The van der Waals surface area contributed by atoms with Gasteiger partial charge in [0.15, 0.2) is 0 Å². The number of aromatic nitrogens is 1. The minimum absolute atomic E-state index is 0.534. The summed E-state index contributed by atoms with van der Waals surface area (Å²) in [6.07, 6.45) is 2.08. The smallest absolute Gasteiger partial charge is 0.139 e. The van der Waals surface area contributed by atoms with Crippen LogP contribution in [-0.4, -0.2) is 64.5 Å². The maximum Gasteiger partial charge on any atom is 0.139 e. The third-order valence-corrected chi connectivity index (χ3v) is 7.17. The molecule has 2 heterocycles. The summed E-state index contributed by atoms with van der Waals surface area (Å²) >= 11 is 0. The highest BCUT2D eigenvalue weighted by molar-refractivity contribution is 6.76. The SMILES string of the molecule is COc1ccc(COc2cc(N3CCN(C)CC3)n(COCC[Si](C)(C)C)c2)cc1. The van der Waals surface area contributed by atoms with Gasteiger partial charge in [-0.05, 0) is 30.8 Å². The van der Waals surface area contributed by atoms with Crippen LogP contribution in [0.3, 0.4) is 0 Å². The lowest BCUT2D eigenvalue weighted by Crippen LogP contribution is -2.45. The molecule has 0 spiro atoms. The Bertz CT molecular complexity index is 778. The van der Waals surface area contributed by atoms with Gasteiger partial charge in [0.1, 0.15) is 30.7 Å². The van der Waals surface area contributed by atoms with Crippen molar-refractivity contribution in [3.05, 3.63) is 42.1 Å². The number of ether oxygens (including phenoxy) is 3. The van der Waals surface area contributed by atoms with Gasteiger partial charge in [0, 0.05) is 46.9 Å². The first-order valence-corrected chi connectivity index (χ1v) is 14.5. The maximum atomic E-state index is 6.11. The number of nitrogens with zero attached hydrogens (tertiary/aromatic N) is 3. The molecule has 0 amide bonds. The first kappa shape index (κ1) is 22.7. The summed E-state index contributed by atoms with van der Waals surface area (Å²) in [6.45, 7) is 13.3. The summed E-state index contributed by atoms with van der Waals surface area (Å²) in [5.41, 5.74) is 1.12. The largest absolute Gasteiger partial charge is 0.497 e. The quantitative estimate of drug-likeness (QED) is 0.418. The number of piperazine rings is 1. The van der Waals surface area contributed by atoms with E-state index in [2.05, 4.69) is 53.3 Å². The zero-order chi connectivity index (χ0) is 21.6. The van der Waals surface area contributed by atoms with Crippen molar-refractivity contribution in [3.8, 4) is 11.5 Å². The third kappa shape index (κ3) is 6.79. The summed E-state index contributed by atoms with van der Waals surface area (Å²) in [6, 6.07) is 11.3. The number of hydrogen-bond acceptors (Lipinski definition) is 5. The lowest BCUT2D eigenvalue weighted by Gasteiger charge is -2.34. The predicted octanol–water partition coefficient (Wildman–Crippen LogP) is 4.14. The van der Waals surface area contributed by atoms with Crippen LogP contribution in [-0.2, 0) is 18.1 Å². The van der Waals surface area contributed by atoms with Gasteiger partial charge >= 0.3 is 0 Å². The van der Waals surface area contributed by atoms with Crippen LogP contribution in [0.25, 0.3) is 0 Å². The molecule has 1 aliphatic rings. The first-order chi connectivity index (χ1) is 14.3. The molecule has 0 radical (unpaired) electrons. The fourth-order valence-corrected chi connectivity index (χ4v) is 4.14. The van der Waals surface area contributed by atoms with Crippen LogP contribution in [0, 0.1) is 0 Å². The molecule has 166 valence electrons. The first-order valence-electron chi connectivity index (χ1n) is 10.8. The molecule has 3 rings (SSSR count). The van der Waals surface area contributed by atoms with Crippen molar-refractivity contribution in [2.75, 3.05) is 51.8 Å². The minimum atomic E-state index is -1.08. The Labute approximate surface area is 182 Å². The zero-order valence-electron chi connectivity index (χ0n) is 19.2. The van der Waals surface area contributed by atoms with E-state index in [0.29, 0.717) is 13.3 Å². The third-order valence-electron chi connectivity index (χ3n) is 5.47. The second-order valence-corrected chi connectivity index (χ2v) is 14.9. The van der Waals surface area contributed by atoms with Crippen LogP contribution >= 0.6 is 0 Å². The highest BCUT2D eigenvalue weighted by Gasteiger charge is 2.19. The van der Waals surface area contributed by atoms with Crippen molar-refractivity contribution >= 4 is 13.9 Å². The molecule has 0 unspecified atom stereocenters. The molecule has 0 atom stereocenters. The number of anilines is 1. The van der Waals surface area contributed by atoms with E-state index in [-0.39, 0.29) is 0 Å². The number of rotatable bonds is 10. The van der Waals surface area contributed by atoms with Crippen LogP contribution in [0.2, 0.25) is 25.7 Å². The molecule has 0 aliphatic carbocycles. The Morgan fingerprint density at radius 3 is 2.30 bits per heavy atom. The number of hydrogen-bond donors (Lipinski definition) is 0. The maximum absolute atomic E-state index is 6.11. The highest BCUT2D eigenvalue weighted by atomic mass is 28.3. The summed E-state index contributed by atoms with van der Waals surface area (Å²) < 4.78 is 19.6. The Hall–Kier alpha value is -1.96. The van der Waals surface area contributed by atoms with Crippen LogP contribution < -0.4 is 14.4 Å². The number of likely N-dealkylation sites (N-methyl/N-ethyl adjacent to an activating group) is 1. The lowest BCUT2D eigenvalue weighted by molar-refractivity contribution is 0.0876. The summed E-state index contributed by atoms with van der Waals surface area (Å²) in [7, 11) is 2.78. The van der Waals surface area contributed by atoms with Gasteiger partial charge in [-0.1, -0.05) is 31.8 Å². The van der Waals surface area contributed by atoms with Gasteiger partial charge in [0.25, 0.3) is 0 Å². The van der Waals surface area contributed by atoms with Crippen LogP contribution in [0.5, 0.6) is 11.5 Å². The van der Waals surface area contributed by atoms with E-state index in [9.17, 15) is 0 Å². The van der Waals surface area contributed by atoms with Gasteiger partial charge in [-0.25, -0.2) is 0 Å². The van der Waals surface area contributed by atoms with Crippen molar-refractivity contribution in [2.45, 2.75) is 39.0 Å². The van der Waals surface area contributed by atoms with Gasteiger partial charge < -0.3 is 28.6 Å². The molecule has 30 heavy (non-hydrogen) atoms. The standard InChI is InChI=1S/C23H37N3O3Si/c1-24-10-12-25(13-11-24)23-16-22(17-26(23)19-28-14-15-30(3,4)5)29-18-20-6-8-21(27-2)9-7-20/h6-9,16-17H,10-15,18-19H2,1-5H3. The van der Waals surface area contributed by atoms with E-state index >= 15 is 0 Å².